The molecule has 0 radical (unpaired) electrons. The summed E-state index contributed by atoms with van der Waals surface area (Å²) in [4.78, 5) is 2.55. The molecule has 2 nitrogen and oxygen atoms in total. The van der Waals surface area contributed by atoms with E-state index < -0.39 is 6.10 Å². The first-order chi connectivity index (χ1) is 12.2. The molecule has 0 spiro atoms. The Bertz CT molecular complexity index is 807. The summed E-state index contributed by atoms with van der Waals surface area (Å²) in [5, 5.41) is 10.8. The SMILES string of the molecule is CCN1CCC(/C2=C(/C)c3ccccc3[C@@H](O)Cc3ccccc32)C1. The minimum Gasteiger partial charge on any atom is -0.388 e. The van der Waals surface area contributed by atoms with E-state index in [1.54, 1.807) is 0 Å². The Kier molecular flexibility index (Phi) is 4.49. The Morgan fingerprint density at radius 1 is 1.04 bits per heavy atom. The van der Waals surface area contributed by atoms with Crippen molar-refractivity contribution in [3.63, 3.8) is 0 Å². The summed E-state index contributed by atoms with van der Waals surface area (Å²) in [7, 11) is 0. The number of aliphatic hydroxyl groups excluding tert-OH is 1. The molecule has 1 heterocycles. The van der Waals surface area contributed by atoms with Crippen LogP contribution in [0.15, 0.2) is 48.5 Å². The molecule has 4 rings (SSSR count). The van der Waals surface area contributed by atoms with Crippen LogP contribution in [-0.2, 0) is 6.42 Å². The maximum atomic E-state index is 10.8. The summed E-state index contributed by atoms with van der Waals surface area (Å²) in [6, 6.07) is 17.1. The van der Waals surface area contributed by atoms with Crippen LogP contribution in [-0.4, -0.2) is 29.6 Å². The monoisotopic (exact) mass is 333 g/mol. The Morgan fingerprint density at radius 2 is 1.76 bits per heavy atom. The summed E-state index contributed by atoms with van der Waals surface area (Å²) < 4.78 is 0. The molecule has 1 saturated heterocycles. The predicted octanol–water partition coefficient (Wildman–Crippen LogP) is 4.55. The van der Waals surface area contributed by atoms with Gasteiger partial charge in [-0.2, -0.15) is 0 Å². The molecule has 2 atom stereocenters. The summed E-state index contributed by atoms with van der Waals surface area (Å²) in [6.45, 7) is 7.95. The summed E-state index contributed by atoms with van der Waals surface area (Å²) in [5.41, 5.74) is 7.73. The lowest BCUT2D eigenvalue weighted by atomic mass is 9.78. The van der Waals surface area contributed by atoms with Crippen LogP contribution in [0.4, 0.5) is 0 Å². The molecule has 1 aliphatic carbocycles. The minimum absolute atomic E-state index is 0.440. The van der Waals surface area contributed by atoms with Gasteiger partial charge in [0.2, 0.25) is 0 Å². The van der Waals surface area contributed by atoms with Gasteiger partial charge in [0.1, 0.15) is 0 Å². The van der Waals surface area contributed by atoms with Crippen molar-refractivity contribution in [3.8, 4) is 0 Å². The molecule has 0 bridgehead atoms. The van der Waals surface area contributed by atoms with Crippen molar-refractivity contribution < 1.29 is 5.11 Å². The van der Waals surface area contributed by atoms with Gasteiger partial charge in [-0.25, -0.2) is 0 Å². The molecule has 25 heavy (non-hydrogen) atoms. The van der Waals surface area contributed by atoms with Gasteiger partial charge in [0.15, 0.2) is 0 Å². The summed E-state index contributed by atoms with van der Waals surface area (Å²) in [6.07, 6.45) is 1.47. The van der Waals surface area contributed by atoms with Crippen LogP contribution in [0.2, 0.25) is 0 Å². The van der Waals surface area contributed by atoms with Crippen LogP contribution in [0.25, 0.3) is 11.1 Å². The molecule has 1 aliphatic heterocycles. The number of hydrogen-bond donors (Lipinski definition) is 1. The predicted molar refractivity (Wildman–Crippen MR) is 104 cm³/mol. The van der Waals surface area contributed by atoms with E-state index in [0.717, 1.165) is 18.7 Å². The maximum absolute atomic E-state index is 10.8. The number of aliphatic hydroxyl groups is 1. The molecule has 0 amide bonds. The van der Waals surface area contributed by atoms with E-state index in [9.17, 15) is 5.11 Å². The lowest BCUT2D eigenvalue weighted by Crippen LogP contribution is -2.21. The largest absolute Gasteiger partial charge is 0.388 e. The first kappa shape index (κ1) is 16.6. The van der Waals surface area contributed by atoms with Gasteiger partial charge in [0, 0.05) is 13.0 Å². The third-order valence-electron chi connectivity index (χ3n) is 5.98. The fourth-order valence-corrected chi connectivity index (χ4v) is 4.64. The topological polar surface area (TPSA) is 23.5 Å². The molecule has 2 aliphatic rings. The van der Waals surface area contributed by atoms with E-state index in [-0.39, 0.29) is 0 Å². The Labute approximate surface area is 150 Å². The first-order valence-corrected chi connectivity index (χ1v) is 9.47. The second-order valence-corrected chi connectivity index (χ2v) is 7.38. The Balaban J connectivity index is 1.93. The number of fused-ring (bicyclic) bond motifs is 2. The van der Waals surface area contributed by atoms with Crippen molar-refractivity contribution >= 4 is 11.1 Å². The number of likely N-dealkylation sites (tertiary alicyclic amines) is 1. The first-order valence-electron chi connectivity index (χ1n) is 9.47. The minimum atomic E-state index is -0.440. The van der Waals surface area contributed by atoms with Crippen LogP contribution in [0, 0.1) is 5.92 Å². The third-order valence-corrected chi connectivity index (χ3v) is 5.98. The molecule has 1 unspecified atom stereocenters. The fraction of sp³-hybridized carbons (Fsp3) is 0.391. The van der Waals surface area contributed by atoms with Crippen LogP contribution in [0.3, 0.4) is 0 Å². The van der Waals surface area contributed by atoms with Crippen molar-refractivity contribution in [1.82, 2.24) is 4.90 Å². The van der Waals surface area contributed by atoms with E-state index in [4.69, 9.17) is 0 Å². The number of allylic oxidation sites excluding steroid dienone is 1. The van der Waals surface area contributed by atoms with Crippen molar-refractivity contribution in [3.05, 3.63) is 70.8 Å². The number of benzene rings is 2. The van der Waals surface area contributed by atoms with Gasteiger partial charge in [-0.3, -0.25) is 0 Å². The van der Waals surface area contributed by atoms with Gasteiger partial charge >= 0.3 is 0 Å². The van der Waals surface area contributed by atoms with Crippen LogP contribution in [0.5, 0.6) is 0 Å². The van der Waals surface area contributed by atoms with Crippen molar-refractivity contribution in [2.24, 2.45) is 5.92 Å². The molecule has 0 saturated carbocycles. The molecule has 130 valence electrons. The number of nitrogens with zero attached hydrogens (tertiary/aromatic N) is 1. The Morgan fingerprint density at radius 3 is 2.52 bits per heavy atom. The van der Waals surface area contributed by atoms with E-state index in [2.05, 4.69) is 61.2 Å². The maximum Gasteiger partial charge on any atom is 0.0836 e. The molecule has 2 aromatic carbocycles. The fourth-order valence-electron chi connectivity index (χ4n) is 4.64. The van der Waals surface area contributed by atoms with Crippen LogP contribution in [0.1, 0.15) is 48.6 Å². The van der Waals surface area contributed by atoms with Crippen molar-refractivity contribution in [2.45, 2.75) is 32.8 Å². The van der Waals surface area contributed by atoms with E-state index in [1.165, 1.54) is 40.8 Å². The summed E-state index contributed by atoms with van der Waals surface area (Å²) in [5.74, 6) is 0.574. The van der Waals surface area contributed by atoms with Gasteiger partial charge < -0.3 is 10.0 Å². The lowest BCUT2D eigenvalue weighted by molar-refractivity contribution is 0.178. The average Bonchev–Trinajstić information content (AvgIpc) is 3.11. The number of rotatable bonds is 2. The van der Waals surface area contributed by atoms with Crippen molar-refractivity contribution in [2.75, 3.05) is 19.6 Å². The highest BCUT2D eigenvalue weighted by atomic mass is 16.3. The van der Waals surface area contributed by atoms with E-state index in [1.807, 2.05) is 6.07 Å². The van der Waals surface area contributed by atoms with E-state index in [0.29, 0.717) is 12.3 Å². The van der Waals surface area contributed by atoms with Crippen LogP contribution < -0.4 is 0 Å². The number of hydrogen-bond acceptors (Lipinski definition) is 2. The normalized spacial score (nSPS) is 26.7. The highest BCUT2D eigenvalue weighted by Crippen LogP contribution is 2.42. The third kappa shape index (κ3) is 2.94. The smallest absolute Gasteiger partial charge is 0.0836 e. The van der Waals surface area contributed by atoms with Gasteiger partial charge in [0.05, 0.1) is 6.10 Å². The highest BCUT2D eigenvalue weighted by molar-refractivity contribution is 5.93. The zero-order chi connectivity index (χ0) is 17.4. The highest BCUT2D eigenvalue weighted by Gasteiger charge is 2.30. The van der Waals surface area contributed by atoms with Gasteiger partial charge in [-0.15, -0.1) is 0 Å². The molecule has 1 fully saturated rings. The van der Waals surface area contributed by atoms with Crippen LogP contribution >= 0.6 is 0 Å². The van der Waals surface area contributed by atoms with Gasteiger partial charge in [-0.05, 0) is 65.8 Å². The van der Waals surface area contributed by atoms with Gasteiger partial charge in [0.25, 0.3) is 0 Å². The average molecular weight is 333 g/mol. The molecule has 2 heteroatoms. The zero-order valence-corrected chi connectivity index (χ0v) is 15.2. The molecule has 0 aromatic heterocycles. The standard InChI is InChI=1S/C23H27NO/c1-3-24-13-12-18(15-24)23-16(2)19-9-6-7-11-21(19)22(25)14-17-8-4-5-10-20(17)23/h4-11,18,22,25H,3,12-15H2,1-2H3/b23-16+/t18?,22-/m0/s1. The zero-order valence-electron chi connectivity index (χ0n) is 15.2. The molecule has 2 aromatic rings. The lowest BCUT2D eigenvalue weighted by Gasteiger charge is -2.28. The molecular formula is C23H27NO. The molecular weight excluding hydrogens is 306 g/mol. The quantitative estimate of drug-likeness (QED) is 0.871. The van der Waals surface area contributed by atoms with E-state index >= 15 is 0 Å². The van der Waals surface area contributed by atoms with Gasteiger partial charge in [-0.1, -0.05) is 55.5 Å². The second-order valence-electron chi connectivity index (χ2n) is 7.38. The Hall–Kier alpha value is -1.90. The summed E-state index contributed by atoms with van der Waals surface area (Å²) >= 11 is 0. The molecule has 1 N–H and O–H groups in total. The second kappa shape index (κ2) is 6.78. The van der Waals surface area contributed by atoms with Crippen molar-refractivity contribution in [1.29, 1.82) is 0 Å².